The molecule has 8 heteroatoms. The van der Waals surface area contributed by atoms with Crippen molar-refractivity contribution in [3.05, 3.63) is 63.5 Å². The molecule has 0 amide bonds. The molecule has 3 rings (SSSR count). The fourth-order valence-corrected chi connectivity index (χ4v) is 2.42. The molecule has 0 radical (unpaired) electrons. The predicted molar refractivity (Wildman–Crippen MR) is 84.3 cm³/mol. The third kappa shape index (κ3) is 3.52. The van der Waals surface area contributed by atoms with Gasteiger partial charge >= 0.3 is 5.97 Å². The number of hydrogen-bond acceptors (Lipinski definition) is 6. The molecule has 0 aliphatic carbocycles. The van der Waals surface area contributed by atoms with Gasteiger partial charge in [0.2, 0.25) is 0 Å². The van der Waals surface area contributed by atoms with Crippen molar-refractivity contribution in [2.24, 2.45) is 0 Å². The maximum atomic E-state index is 13.0. The average Bonchev–Trinajstić information content (AvgIpc) is 2.61. The van der Waals surface area contributed by atoms with Crippen molar-refractivity contribution >= 4 is 11.7 Å². The molecular formula is C17H14FNO6. The first-order valence-electron chi connectivity index (χ1n) is 7.50. The molecule has 0 unspecified atom stereocenters. The first-order valence-corrected chi connectivity index (χ1v) is 7.50. The largest absolute Gasteiger partial charge is 0.486 e. The van der Waals surface area contributed by atoms with Gasteiger partial charge in [0.15, 0.2) is 11.5 Å². The van der Waals surface area contributed by atoms with Gasteiger partial charge in [-0.3, -0.25) is 10.1 Å². The van der Waals surface area contributed by atoms with Crippen molar-refractivity contribution in [2.75, 3.05) is 13.2 Å². The third-order valence-corrected chi connectivity index (χ3v) is 3.70. The fraction of sp³-hybridized carbons (Fsp3) is 0.235. The minimum atomic E-state index is -0.875. The number of halogens is 1. The van der Waals surface area contributed by atoms with E-state index >= 15 is 0 Å². The van der Waals surface area contributed by atoms with Gasteiger partial charge in [0.05, 0.1) is 11.0 Å². The van der Waals surface area contributed by atoms with Crippen LogP contribution < -0.4 is 9.47 Å². The molecule has 0 spiro atoms. The van der Waals surface area contributed by atoms with Crippen molar-refractivity contribution in [1.29, 1.82) is 0 Å². The smallest absolute Gasteiger partial charge is 0.345 e. The van der Waals surface area contributed by atoms with Crippen LogP contribution in [0, 0.1) is 15.9 Å². The molecule has 0 bridgehead atoms. The van der Waals surface area contributed by atoms with E-state index in [-0.39, 0.29) is 30.3 Å². The van der Waals surface area contributed by atoms with Gasteiger partial charge in [-0.25, -0.2) is 9.18 Å². The molecular weight excluding hydrogens is 333 g/mol. The topological polar surface area (TPSA) is 87.9 Å². The summed E-state index contributed by atoms with van der Waals surface area (Å²) in [7, 11) is 0. The van der Waals surface area contributed by atoms with Crippen LogP contribution in [0.15, 0.2) is 36.4 Å². The predicted octanol–water partition coefficient (Wildman–Crippen LogP) is 3.42. The molecule has 1 aliphatic rings. The average molecular weight is 347 g/mol. The minimum absolute atomic E-state index is 0.209. The first kappa shape index (κ1) is 16.7. The summed E-state index contributed by atoms with van der Waals surface area (Å²) < 4.78 is 28.9. The number of ether oxygens (including phenoxy) is 3. The van der Waals surface area contributed by atoms with Gasteiger partial charge in [-0.15, -0.1) is 0 Å². The van der Waals surface area contributed by atoms with Gasteiger partial charge < -0.3 is 14.2 Å². The SMILES string of the molecule is C[C@@H](OC(=O)c1cc2c(cc1[N+](=O)[O-])OCCO2)c1ccc(F)cc1. The van der Waals surface area contributed by atoms with E-state index in [0.29, 0.717) is 5.56 Å². The Kier molecular flexibility index (Phi) is 4.51. The highest BCUT2D eigenvalue weighted by atomic mass is 19.1. The van der Waals surface area contributed by atoms with Crippen LogP contribution in [-0.4, -0.2) is 24.1 Å². The number of benzene rings is 2. The van der Waals surface area contributed by atoms with Crippen LogP contribution in [0.1, 0.15) is 28.9 Å². The number of nitro benzene ring substituents is 1. The Morgan fingerprint density at radius 2 is 1.80 bits per heavy atom. The van der Waals surface area contributed by atoms with Gasteiger partial charge in [-0.1, -0.05) is 12.1 Å². The maximum Gasteiger partial charge on any atom is 0.345 e. The Labute approximate surface area is 142 Å². The van der Waals surface area contributed by atoms with E-state index in [1.54, 1.807) is 6.92 Å². The Bertz CT molecular complexity index is 821. The van der Waals surface area contributed by atoms with Crippen molar-refractivity contribution in [3.63, 3.8) is 0 Å². The van der Waals surface area contributed by atoms with E-state index in [4.69, 9.17) is 14.2 Å². The zero-order chi connectivity index (χ0) is 18.0. The molecule has 0 N–H and O–H groups in total. The summed E-state index contributed by atoms with van der Waals surface area (Å²) in [5.74, 6) is -0.829. The minimum Gasteiger partial charge on any atom is -0.486 e. The highest BCUT2D eigenvalue weighted by Gasteiger charge is 2.28. The second-order valence-corrected chi connectivity index (χ2v) is 5.37. The van der Waals surface area contributed by atoms with Gasteiger partial charge in [0, 0.05) is 6.07 Å². The Hall–Kier alpha value is -3.16. The van der Waals surface area contributed by atoms with E-state index < -0.39 is 28.5 Å². The van der Waals surface area contributed by atoms with Crippen molar-refractivity contribution in [1.82, 2.24) is 0 Å². The Morgan fingerprint density at radius 1 is 1.20 bits per heavy atom. The second kappa shape index (κ2) is 6.76. The van der Waals surface area contributed by atoms with Crippen molar-refractivity contribution in [3.8, 4) is 11.5 Å². The van der Waals surface area contributed by atoms with E-state index in [1.807, 2.05) is 0 Å². The summed E-state index contributed by atoms with van der Waals surface area (Å²) in [6.45, 7) is 2.15. The molecule has 7 nitrogen and oxygen atoms in total. The molecule has 2 aromatic carbocycles. The molecule has 0 aromatic heterocycles. The molecule has 130 valence electrons. The van der Waals surface area contributed by atoms with Gasteiger partial charge in [0.25, 0.3) is 5.69 Å². The summed E-state index contributed by atoms with van der Waals surface area (Å²) in [6, 6.07) is 7.83. The van der Waals surface area contributed by atoms with Crippen LogP contribution in [-0.2, 0) is 4.74 Å². The summed E-state index contributed by atoms with van der Waals surface area (Å²) in [4.78, 5) is 23.0. The van der Waals surface area contributed by atoms with Gasteiger partial charge in [0.1, 0.15) is 30.7 Å². The number of nitro groups is 1. The lowest BCUT2D eigenvalue weighted by Gasteiger charge is -2.19. The molecule has 2 aromatic rings. The first-order chi connectivity index (χ1) is 12.0. The third-order valence-electron chi connectivity index (χ3n) is 3.70. The quantitative estimate of drug-likeness (QED) is 0.478. The molecule has 0 fully saturated rings. The standard InChI is InChI=1S/C17H14FNO6/c1-10(11-2-4-12(18)5-3-11)25-17(20)13-8-15-16(24-7-6-23-15)9-14(13)19(21)22/h2-5,8-10H,6-7H2,1H3/t10-/m1/s1. The number of nitrogens with zero attached hydrogens (tertiary/aromatic N) is 1. The summed E-state index contributed by atoms with van der Waals surface area (Å²) >= 11 is 0. The number of hydrogen-bond donors (Lipinski definition) is 0. The van der Waals surface area contributed by atoms with Crippen LogP contribution in [0.4, 0.5) is 10.1 Å². The van der Waals surface area contributed by atoms with Crippen LogP contribution in [0.3, 0.4) is 0 Å². The number of esters is 1. The van der Waals surface area contributed by atoms with E-state index in [9.17, 15) is 19.3 Å². The normalized spacial score (nSPS) is 13.8. The molecule has 1 atom stereocenters. The fourth-order valence-electron chi connectivity index (χ4n) is 2.42. The van der Waals surface area contributed by atoms with E-state index in [2.05, 4.69) is 0 Å². The molecule has 25 heavy (non-hydrogen) atoms. The molecule has 1 aliphatic heterocycles. The van der Waals surface area contributed by atoms with Gasteiger partial charge in [-0.2, -0.15) is 0 Å². The van der Waals surface area contributed by atoms with Crippen molar-refractivity contribution < 1.29 is 28.3 Å². The Balaban J connectivity index is 1.88. The van der Waals surface area contributed by atoms with Crippen LogP contribution in [0.5, 0.6) is 11.5 Å². The Morgan fingerprint density at radius 3 is 2.40 bits per heavy atom. The maximum absolute atomic E-state index is 13.0. The number of carbonyl (C=O) groups is 1. The van der Waals surface area contributed by atoms with Crippen molar-refractivity contribution in [2.45, 2.75) is 13.0 Å². The summed E-state index contributed by atoms with van der Waals surface area (Å²) in [5, 5.41) is 11.3. The van der Waals surface area contributed by atoms with E-state index in [0.717, 1.165) is 6.07 Å². The lowest BCUT2D eigenvalue weighted by Crippen LogP contribution is -2.17. The molecule has 1 heterocycles. The lowest BCUT2D eigenvalue weighted by atomic mass is 10.1. The zero-order valence-electron chi connectivity index (χ0n) is 13.2. The monoisotopic (exact) mass is 347 g/mol. The molecule has 0 saturated heterocycles. The highest BCUT2D eigenvalue weighted by molar-refractivity contribution is 5.95. The van der Waals surface area contributed by atoms with E-state index in [1.165, 1.54) is 30.3 Å². The highest BCUT2D eigenvalue weighted by Crippen LogP contribution is 2.37. The van der Waals surface area contributed by atoms with Gasteiger partial charge in [-0.05, 0) is 24.6 Å². The number of carbonyl (C=O) groups excluding carboxylic acids is 1. The number of rotatable bonds is 4. The van der Waals surface area contributed by atoms with Crippen LogP contribution in [0.25, 0.3) is 0 Å². The summed E-state index contributed by atoms with van der Waals surface area (Å²) in [6.07, 6.45) is -0.707. The summed E-state index contributed by atoms with van der Waals surface area (Å²) in [5.41, 5.74) is -0.0984. The van der Waals surface area contributed by atoms with Crippen LogP contribution >= 0.6 is 0 Å². The second-order valence-electron chi connectivity index (χ2n) is 5.37. The molecule has 0 saturated carbocycles. The number of fused-ring (bicyclic) bond motifs is 1. The van der Waals surface area contributed by atoms with Crippen LogP contribution in [0.2, 0.25) is 0 Å². The zero-order valence-corrected chi connectivity index (χ0v) is 13.2. The lowest BCUT2D eigenvalue weighted by molar-refractivity contribution is -0.385.